The van der Waals surface area contributed by atoms with Crippen LogP contribution in [0.25, 0.3) is 0 Å². The van der Waals surface area contributed by atoms with Crippen LogP contribution in [0.5, 0.6) is 11.5 Å². The highest BCUT2D eigenvalue weighted by molar-refractivity contribution is 14.0. The average molecular weight is 530 g/mol. The van der Waals surface area contributed by atoms with E-state index >= 15 is 0 Å². The van der Waals surface area contributed by atoms with Crippen LogP contribution in [0.2, 0.25) is 0 Å². The van der Waals surface area contributed by atoms with Crippen molar-refractivity contribution in [3.63, 3.8) is 0 Å². The predicted octanol–water partition coefficient (Wildman–Crippen LogP) is 2.81. The molecule has 2 aromatic rings. The molecule has 1 atom stereocenters. The lowest BCUT2D eigenvalue weighted by Gasteiger charge is -2.18. The zero-order valence-electron chi connectivity index (χ0n) is 17.3. The average Bonchev–Trinajstić information content (AvgIpc) is 2.74. The third-order valence-corrected chi connectivity index (χ3v) is 3.98. The number of carbonyl (C=O) groups is 1. The van der Waals surface area contributed by atoms with Crippen LogP contribution in [-0.4, -0.2) is 51.8 Å². The van der Waals surface area contributed by atoms with Gasteiger partial charge in [0, 0.05) is 25.7 Å². The number of rotatable bonds is 9. The minimum absolute atomic E-state index is 0. The highest BCUT2D eigenvalue weighted by Crippen LogP contribution is 2.16. The van der Waals surface area contributed by atoms with Gasteiger partial charge in [-0.2, -0.15) is 0 Å². The quantitative estimate of drug-likeness (QED) is 0.201. The Kier molecular flexibility index (Phi) is 11.6. The Labute approximate surface area is 193 Å². The van der Waals surface area contributed by atoms with E-state index in [0.717, 1.165) is 0 Å². The van der Waals surface area contributed by atoms with E-state index in [1.54, 1.807) is 56.6 Å². The highest BCUT2D eigenvalue weighted by atomic mass is 127. The van der Waals surface area contributed by atoms with Gasteiger partial charge in [0.2, 0.25) is 0 Å². The van der Waals surface area contributed by atoms with E-state index < -0.39 is 5.82 Å². The van der Waals surface area contributed by atoms with Crippen LogP contribution in [0, 0.1) is 5.82 Å². The Balaban J connectivity index is 0.00000450. The van der Waals surface area contributed by atoms with Gasteiger partial charge in [0.1, 0.15) is 11.9 Å². The van der Waals surface area contributed by atoms with Gasteiger partial charge >= 0.3 is 0 Å². The smallest absolute Gasteiger partial charge is 0.251 e. The van der Waals surface area contributed by atoms with Gasteiger partial charge < -0.3 is 25.4 Å². The fraction of sp³-hybridized carbons (Fsp3) is 0.333. The van der Waals surface area contributed by atoms with Crippen LogP contribution >= 0.6 is 24.0 Å². The standard InChI is InChI=1S/C21H27FN4O3.HI/c1-15(29-19-10-5-4-9-18(19)22)14-26-21(23-2)25-12-11-24-20(27)16-7-6-8-17(13-16)28-3;/h4-10,13,15H,11-12,14H2,1-3H3,(H,24,27)(H2,23,25,26);1H. The molecule has 3 N–H and O–H groups in total. The molecule has 0 aliphatic rings. The largest absolute Gasteiger partial charge is 0.497 e. The number of amides is 1. The minimum Gasteiger partial charge on any atom is -0.497 e. The number of benzene rings is 2. The van der Waals surface area contributed by atoms with Gasteiger partial charge in [-0.15, -0.1) is 24.0 Å². The van der Waals surface area contributed by atoms with E-state index in [-0.39, 0.29) is 41.7 Å². The van der Waals surface area contributed by atoms with Crippen molar-refractivity contribution < 1.29 is 18.7 Å². The second kappa shape index (κ2) is 13.6. The number of guanidine groups is 1. The number of para-hydroxylation sites is 1. The Morgan fingerprint density at radius 1 is 1.10 bits per heavy atom. The molecule has 30 heavy (non-hydrogen) atoms. The molecule has 7 nitrogen and oxygen atoms in total. The van der Waals surface area contributed by atoms with Gasteiger partial charge in [-0.1, -0.05) is 18.2 Å². The minimum atomic E-state index is -0.395. The number of nitrogens with one attached hydrogen (secondary N) is 3. The summed E-state index contributed by atoms with van der Waals surface area (Å²) >= 11 is 0. The monoisotopic (exact) mass is 530 g/mol. The van der Waals surface area contributed by atoms with Gasteiger partial charge in [-0.25, -0.2) is 4.39 Å². The zero-order chi connectivity index (χ0) is 21.1. The van der Waals surface area contributed by atoms with E-state index in [0.29, 0.717) is 36.9 Å². The fourth-order valence-corrected chi connectivity index (χ4v) is 2.48. The van der Waals surface area contributed by atoms with Crippen molar-refractivity contribution in [1.82, 2.24) is 16.0 Å². The first kappa shape index (κ1) is 25.5. The first-order chi connectivity index (χ1) is 14.0. The highest BCUT2D eigenvalue weighted by Gasteiger charge is 2.09. The predicted molar refractivity (Wildman–Crippen MR) is 127 cm³/mol. The Morgan fingerprint density at radius 2 is 1.83 bits per heavy atom. The summed E-state index contributed by atoms with van der Waals surface area (Å²) in [6, 6.07) is 13.2. The molecule has 0 aliphatic carbocycles. The maximum Gasteiger partial charge on any atom is 0.251 e. The SMILES string of the molecule is CN=C(NCCNC(=O)c1cccc(OC)c1)NCC(C)Oc1ccccc1F.I. The van der Waals surface area contributed by atoms with Crippen LogP contribution in [0.15, 0.2) is 53.5 Å². The van der Waals surface area contributed by atoms with Crippen LogP contribution in [0.3, 0.4) is 0 Å². The molecule has 0 heterocycles. The molecular weight excluding hydrogens is 502 g/mol. The molecule has 0 radical (unpaired) electrons. The van der Waals surface area contributed by atoms with E-state index in [4.69, 9.17) is 9.47 Å². The molecular formula is C21H28FIN4O3. The van der Waals surface area contributed by atoms with Crippen molar-refractivity contribution in [1.29, 1.82) is 0 Å². The Hall–Kier alpha value is -2.56. The van der Waals surface area contributed by atoms with Crippen LogP contribution in [0.4, 0.5) is 4.39 Å². The van der Waals surface area contributed by atoms with E-state index in [1.165, 1.54) is 6.07 Å². The summed E-state index contributed by atoms with van der Waals surface area (Å²) < 4.78 is 24.3. The third-order valence-electron chi connectivity index (χ3n) is 3.98. The number of nitrogens with zero attached hydrogens (tertiary/aromatic N) is 1. The number of carbonyl (C=O) groups excluding carboxylic acids is 1. The molecule has 164 valence electrons. The second-order valence-electron chi connectivity index (χ2n) is 6.23. The van der Waals surface area contributed by atoms with Crippen molar-refractivity contribution in [2.75, 3.05) is 33.8 Å². The summed E-state index contributed by atoms with van der Waals surface area (Å²) in [4.78, 5) is 16.3. The van der Waals surface area contributed by atoms with Gasteiger partial charge in [0.05, 0.1) is 13.7 Å². The molecule has 2 aromatic carbocycles. The first-order valence-electron chi connectivity index (χ1n) is 9.31. The Bertz CT molecular complexity index is 835. The fourth-order valence-electron chi connectivity index (χ4n) is 2.48. The van der Waals surface area contributed by atoms with Crippen LogP contribution < -0.4 is 25.4 Å². The number of hydrogen-bond acceptors (Lipinski definition) is 4. The molecule has 0 spiro atoms. The van der Waals surface area contributed by atoms with E-state index in [1.807, 2.05) is 6.92 Å². The molecule has 0 aromatic heterocycles. The lowest BCUT2D eigenvalue weighted by Crippen LogP contribution is -2.44. The molecule has 9 heteroatoms. The normalized spacial score (nSPS) is 11.7. The number of ether oxygens (including phenoxy) is 2. The van der Waals surface area contributed by atoms with Gasteiger partial charge in [0.25, 0.3) is 5.91 Å². The maximum atomic E-state index is 13.6. The van der Waals surface area contributed by atoms with Crippen molar-refractivity contribution >= 4 is 35.8 Å². The summed E-state index contributed by atoms with van der Waals surface area (Å²) in [6.07, 6.45) is -0.266. The van der Waals surface area contributed by atoms with Crippen molar-refractivity contribution in [2.24, 2.45) is 4.99 Å². The Morgan fingerprint density at radius 3 is 2.53 bits per heavy atom. The molecule has 0 saturated carbocycles. The summed E-state index contributed by atoms with van der Waals surface area (Å²) in [7, 11) is 3.20. The summed E-state index contributed by atoms with van der Waals surface area (Å²) in [5, 5.41) is 9.03. The molecule has 1 unspecified atom stereocenters. The van der Waals surface area contributed by atoms with Gasteiger partial charge in [0.15, 0.2) is 17.5 Å². The van der Waals surface area contributed by atoms with Crippen LogP contribution in [-0.2, 0) is 0 Å². The third kappa shape index (κ3) is 8.44. The molecule has 0 bridgehead atoms. The number of methoxy groups -OCH3 is 1. The second-order valence-corrected chi connectivity index (χ2v) is 6.23. The molecule has 1 amide bonds. The topological polar surface area (TPSA) is 84.0 Å². The van der Waals surface area contributed by atoms with Gasteiger partial charge in [-0.05, 0) is 37.3 Å². The van der Waals surface area contributed by atoms with Crippen molar-refractivity contribution in [3.05, 3.63) is 59.9 Å². The number of aliphatic imine (C=N–C) groups is 1. The van der Waals surface area contributed by atoms with E-state index in [9.17, 15) is 9.18 Å². The molecule has 2 rings (SSSR count). The molecule has 0 aliphatic heterocycles. The summed E-state index contributed by atoms with van der Waals surface area (Å²) in [6.45, 7) is 3.17. The maximum absolute atomic E-state index is 13.6. The van der Waals surface area contributed by atoms with Gasteiger partial charge in [-0.3, -0.25) is 9.79 Å². The zero-order valence-corrected chi connectivity index (χ0v) is 19.6. The van der Waals surface area contributed by atoms with Crippen LogP contribution in [0.1, 0.15) is 17.3 Å². The number of hydrogen-bond donors (Lipinski definition) is 3. The van der Waals surface area contributed by atoms with E-state index in [2.05, 4.69) is 20.9 Å². The van der Waals surface area contributed by atoms with Crippen molar-refractivity contribution in [3.8, 4) is 11.5 Å². The van der Waals surface area contributed by atoms with Crippen molar-refractivity contribution in [2.45, 2.75) is 13.0 Å². The summed E-state index contributed by atoms with van der Waals surface area (Å²) in [5.41, 5.74) is 0.533. The lowest BCUT2D eigenvalue weighted by molar-refractivity contribution is 0.0954. The summed E-state index contributed by atoms with van der Waals surface area (Å²) in [5.74, 6) is 0.830. The lowest BCUT2D eigenvalue weighted by atomic mass is 10.2. The molecule has 0 saturated heterocycles. The number of halogens is 2. The first-order valence-corrected chi connectivity index (χ1v) is 9.31. The molecule has 0 fully saturated rings.